The maximum atomic E-state index is 9.10. The largest absolute Gasteiger partial charge is 0.345 e. The summed E-state index contributed by atoms with van der Waals surface area (Å²) in [5, 5.41) is 9.69. The number of ether oxygens (including phenoxy) is 2. The van der Waals surface area contributed by atoms with Gasteiger partial charge in [0.2, 0.25) is 0 Å². The predicted molar refractivity (Wildman–Crippen MR) is 64.8 cm³/mol. The summed E-state index contributed by atoms with van der Waals surface area (Å²) in [4.78, 5) is 0. The molecule has 1 aromatic carbocycles. The molecule has 1 aliphatic rings. The molecule has 1 aliphatic heterocycles. The number of aryl methyl sites for hydroxylation is 1. The fraction of sp³-hybridized carbons (Fsp3) is 0.462. The van der Waals surface area contributed by atoms with E-state index in [0.29, 0.717) is 17.2 Å². The van der Waals surface area contributed by atoms with Crippen LogP contribution in [0.5, 0.6) is 0 Å². The van der Waals surface area contributed by atoms with Crippen LogP contribution in [-0.4, -0.2) is 12.2 Å². The lowest BCUT2D eigenvalue weighted by Crippen LogP contribution is -2.21. The topological polar surface area (TPSA) is 42.2 Å². The third kappa shape index (κ3) is 2.44. The number of benzene rings is 1. The van der Waals surface area contributed by atoms with Crippen molar-refractivity contribution in [1.29, 1.82) is 5.26 Å². The van der Waals surface area contributed by atoms with Gasteiger partial charge >= 0.3 is 0 Å². The Hall–Kier alpha value is -1.08. The Bertz CT molecular complexity index is 491. The van der Waals surface area contributed by atoms with Crippen LogP contribution >= 0.6 is 11.6 Å². The Morgan fingerprint density at radius 1 is 1.47 bits per heavy atom. The fourth-order valence-electron chi connectivity index (χ4n) is 1.78. The van der Waals surface area contributed by atoms with Gasteiger partial charge in [-0.1, -0.05) is 11.6 Å². The molecule has 0 aliphatic carbocycles. The molecule has 1 heterocycles. The summed E-state index contributed by atoms with van der Waals surface area (Å²) in [7, 11) is 0. The molecule has 0 bridgehead atoms. The molecule has 1 fully saturated rings. The van der Waals surface area contributed by atoms with Crippen LogP contribution in [0.1, 0.15) is 36.8 Å². The van der Waals surface area contributed by atoms with Gasteiger partial charge in [0.25, 0.3) is 0 Å². The molecule has 3 nitrogen and oxygen atoms in total. The molecule has 0 saturated carbocycles. The minimum atomic E-state index is -0.476. The maximum Gasteiger partial charge on any atom is 0.185 e. The van der Waals surface area contributed by atoms with Gasteiger partial charge in [-0.2, -0.15) is 5.26 Å². The first kappa shape index (κ1) is 12.4. The highest BCUT2D eigenvalue weighted by Gasteiger charge is 2.34. The molecule has 0 radical (unpaired) electrons. The molecular weight excluding hydrogens is 238 g/mol. The van der Waals surface area contributed by atoms with E-state index >= 15 is 0 Å². The van der Waals surface area contributed by atoms with E-state index in [0.717, 1.165) is 11.1 Å². The third-order valence-electron chi connectivity index (χ3n) is 2.71. The molecule has 1 saturated heterocycles. The smallest absolute Gasteiger partial charge is 0.185 e. The van der Waals surface area contributed by atoms with Gasteiger partial charge in [0.1, 0.15) is 0 Å². The van der Waals surface area contributed by atoms with Crippen LogP contribution in [0.25, 0.3) is 0 Å². The molecule has 1 atom stereocenters. The quantitative estimate of drug-likeness (QED) is 0.769. The van der Waals surface area contributed by atoms with Gasteiger partial charge in [0.15, 0.2) is 6.29 Å². The van der Waals surface area contributed by atoms with E-state index in [9.17, 15) is 0 Å². The summed E-state index contributed by atoms with van der Waals surface area (Å²) in [6.07, 6.45) is -0.476. The third-order valence-corrected chi connectivity index (χ3v) is 3.12. The van der Waals surface area contributed by atoms with Crippen molar-refractivity contribution < 1.29 is 9.47 Å². The normalized spacial score (nSPS) is 22.4. The SMILES string of the molecule is Cc1cc(C2OCC(C)(C)O2)c(C#N)cc1Cl. The zero-order chi connectivity index (χ0) is 12.6. The highest BCUT2D eigenvalue weighted by molar-refractivity contribution is 6.31. The van der Waals surface area contributed by atoms with Gasteiger partial charge in [-0.3, -0.25) is 0 Å². The number of nitriles is 1. The second-order valence-electron chi connectivity index (χ2n) is 4.82. The molecule has 90 valence electrons. The van der Waals surface area contributed by atoms with Gasteiger partial charge in [0.05, 0.1) is 23.8 Å². The Labute approximate surface area is 106 Å². The van der Waals surface area contributed by atoms with Crippen molar-refractivity contribution in [2.75, 3.05) is 6.61 Å². The van der Waals surface area contributed by atoms with Crippen LogP contribution in [0.4, 0.5) is 0 Å². The summed E-state index contributed by atoms with van der Waals surface area (Å²) in [6.45, 7) is 6.33. The van der Waals surface area contributed by atoms with E-state index in [1.165, 1.54) is 0 Å². The summed E-state index contributed by atoms with van der Waals surface area (Å²) in [6, 6.07) is 5.63. The van der Waals surface area contributed by atoms with Crippen LogP contribution < -0.4 is 0 Å². The molecule has 0 spiro atoms. The van der Waals surface area contributed by atoms with Crippen molar-refractivity contribution in [1.82, 2.24) is 0 Å². The zero-order valence-electron chi connectivity index (χ0n) is 10.1. The first-order chi connectivity index (χ1) is 7.93. The molecule has 4 heteroatoms. The summed E-state index contributed by atoms with van der Waals surface area (Å²) in [5.74, 6) is 0. The van der Waals surface area contributed by atoms with Crippen LogP contribution in [-0.2, 0) is 9.47 Å². The van der Waals surface area contributed by atoms with Crippen LogP contribution in [0.2, 0.25) is 5.02 Å². The summed E-state index contributed by atoms with van der Waals surface area (Å²) >= 11 is 5.99. The van der Waals surface area contributed by atoms with E-state index in [4.69, 9.17) is 26.3 Å². The lowest BCUT2D eigenvalue weighted by atomic mass is 10.0. The lowest BCUT2D eigenvalue weighted by molar-refractivity contribution is -0.0813. The molecule has 0 N–H and O–H groups in total. The second kappa shape index (κ2) is 4.30. The van der Waals surface area contributed by atoms with Crippen molar-refractivity contribution in [3.8, 4) is 6.07 Å². The molecule has 1 aromatic rings. The van der Waals surface area contributed by atoms with E-state index in [1.54, 1.807) is 6.07 Å². The van der Waals surface area contributed by atoms with Crippen molar-refractivity contribution in [2.45, 2.75) is 32.7 Å². The Kier molecular flexibility index (Phi) is 3.13. The maximum absolute atomic E-state index is 9.10. The molecule has 17 heavy (non-hydrogen) atoms. The van der Waals surface area contributed by atoms with Gasteiger partial charge < -0.3 is 9.47 Å². The highest BCUT2D eigenvalue weighted by atomic mass is 35.5. The Morgan fingerprint density at radius 3 is 2.71 bits per heavy atom. The first-order valence-electron chi connectivity index (χ1n) is 5.42. The average Bonchev–Trinajstić information content (AvgIpc) is 2.62. The average molecular weight is 252 g/mol. The monoisotopic (exact) mass is 251 g/mol. The summed E-state index contributed by atoms with van der Waals surface area (Å²) in [5.41, 5.74) is 1.85. The van der Waals surface area contributed by atoms with Crippen LogP contribution in [0.3, 0.4) is 0 Å². The minimum Gasteiger partial charge on any atom is -0.345 e. The Balaban J connectivity index is 2.40. The zero-order valence-corrected chi connectivity index (χ0v) is 10.8. The number of rotatable bonds is 1. The van der Waals surface area contributed by atoms with Gasteiger partial charge in [-0.25, -0.2) is 0 Å². The van der Waals surface area contributed by atoms with Crippen molar-refractivity contribution in [2.24, 2.45) is 0 Å². The van der Waals surface area contributed by atoms with Crippen molar-refractivity contribution in [3.63, 3.8) is 0 Å². The number of hydrogen-bond donors (Lipinski definition) is 0. The number of hydrogen-bond acceptors (Lipinski definition) is 3. The number of halogens is 1. The Morgan fingerprint density at radius 2 is 2.18 bits per heavy atom. The van der Waals surface area contributed by atoms with Crippen molar-refractivity contribution in [3.05, 3.63) is 33.8 Å². The van der Waals surface area contributed by atoms with Crippen molar-refractivity contribution >= 4 is 11.6 Å². The van der Waals surface area contributed by atoms with E-state index < -0.39 is 6.29 Å². The predicted octanol–water partition coefficient (Wildman–Crippen LogP) is 3.34. The molecular formula is C13H14ClNO2. The van der Waals surface area contributed by atoms with Crippen LogP contribution in [0.15, 0.2) is 12.1 Å². The van der Waals surface area contributed by atoms with E-state index in [1.807, 2.05) is 26.8 Å². The minimum absolute atomic E-state index is 0.315. The molecule has 0 amide bonds. The van der Waals surface area contributed by atoms with E-state index in [2.05, 4.69) is 6.07 Å². The van der Waals surface area contributed by atoms with Crippen LogP contribution in [0, 0.1) is 18.3 Å². The number of nitrogens with zero attached hydrogens (tertiary/aromatic N) is 1. The molecule has 1 unspecified atom stereocenters. The molecule has 0 aromatic heterocycles. The molecule has 2 rings (SSSR count). The highest BCUT2D eigenvalue weighted by Crippen LogP contribution is 2.36. The summed E-state index contributed by atoms with van der Waals surface area (Å²) < 4.78 is 11.3. The first-order valence-corrected chi connectivity index (χ1v) is 5.80. The van der Waals surface area contributed by atoms with E-state index in [-0.39, 0.29) is 5.60 Å². The fourth-order valence-corrected chi connectivity index (χ4v) is 1.95. The van der Waals surface area contributed by atoms with Gasteiger partial charge in [0, 0.05) is 10.6 Å². The van der Waals surface area contributed by atoms with Gasteiger partial charge in [-0.05, 0) is 38.5 Å². The lowest BCUT2D eigenvalue weighted by Gasteiger charge is -2.17. The van der Waals surface area contributed by atoms with Gasteiger partial charge in [-0.15, -0.1) is 0 Å². The second-order valence-corrected chi connectivity index (χ2v) is 5.23. The standard InChI is InChI=1S/C13H14ClNO2/c1-8-4-10(9(6-15)5-11(8)14)12-16-7-13(2,3)17-12/h4-5,12H,7H2,1-3H3.